The topological polar surface area (TPSA) is 68.0 Å². The zero-order chi connectivity index (χ0) is 15.2. The van der Waals surface area contributed by atoms with Crippen molar-refractivity contribution >= 4 is 11.7 Å². The van der Waals surface area contributed by atoms with Gasteiger partial charge in [-0.05, 0) is 19.2 Å². The highest BCUT2D eigenvalue weighted by atomic mass is 16.5. The lowest BCUT2D eigenvalue weighted by Crippen LogP contribution is -2.45. The van der Waals surface area contributed by atoms with Crippen LogP contribution in [0.5, 0.6) is 5.75 Å². The van der Waals surface area contributed by atoms with Crippen molar-refractivity contribution in [1.82, 2.24) is 9.80 Å². The van der Waals surface area contributed by atoms with Crippen molar-refractivity contribution < 1.29 is 14.3 Å². The van der Waals surface area contributed by atoms with Crippen LogP contribution < -0.4 is 10.5 Å². The van der Waals surface area contributed by atoms with E-state index in [4.69, 9.17) is 15.2 Å². The van der Waals surface area contributed by atoms with Gasteiger partial charge in [-0.2, -0.15) is 0 Å². The van der Waals surface area contributed by atoms with Crippen LogP contribution in [-0.2, 0) is 4.74 Å². The summed E-state index contributed by atoms with van der Waals surface area (Å²) in [5.74, 6) is 0.0700. The van der Waals surface area contributed by atoms with Crippen molar-refractivity contribution in [2.45, 2.75) is 0 Å². The quantitative estimate of drug-likeness (QED) is 0.636. The minimum atomic E-state index is -0.412. The molecule has 1 heterocycles. The largest absolute Gasteiger partial charge is 0.491 e. The second-order valence-corrected chi connectivity index (χ2v) is 5.24. The molecule has 0 spiro atoms. The number of likely N-dealkylation sites (N-methyl/N-ethyl adjacent to an activating group) is 1. The van der Waals surface area contributed by atoms with E-state index in [1.165, 1.54) is 7.11 Å². The molecule has 21 heavy (non-hydrogen) atoms. The molecule has 2 N–H and O–H groups in total. The molecule has 0 bridgehead atoms. The highest BCUT2D eigenvalue weighted by Gasteiger charge is 2.16. The molecular weight excluding hydrogens is 270 g/mol. The number of benzene rings is 1. The monoisotopic (exact) mass is 293 g/mol. The second kappa shape index (κ2) is 7.28. The van der Waals surface area contributed by atoms with E-state index in [0.29, 0.717) is 23.6 Å². The molecule has 116 valence electrons. The van der Waals surface area contributed by atoms with Gasteiger partial charge >= 0.3 is 5.97 Å². The molecule has 6 nitrogen and oxygen atoms in total. The lowest BCUT2D eigenvalue weighted by molar-refractivity contribution is 0.0595. The Kier molecular flexibility index (Phi) is 5.41. The van der Waals surface area contributed by atoms with E-state index in [0.717, 1.165) is 32.7 Å². The Bertz CT molecular complexity index is 485. The summed E-state index contributed by atoms with van der Waals surface area (Å²) in [5, 5.41) is 0. The summed E-state index contributed by atoms with van der Waals surface area (Å²) < 4.78 is 10.5. The first kappa shape index (κ1) is 15.6. The zero-order valence-corrected chi connectivity index (χ0v) is 12.7. The van der Waals surface area contributed by atoms with Crippen LogP contribution in [0.1, 0.15) is 10.4 Å². The minimum absolute atomic E-state index is 0.407. The third-order valence-electron chi connectivity index (χ3n) is 3.67. The van der Waals surface area contributed by atoms with Gasteiger partial charge in [-0.15, -0.1) is 0 Å². The van der Waals surface area contributed by atoms with Gasteiger partial charge in [0.1, 0.15) is 17.9 Å². The number of rotatable bonds is 5. The van der Waals surface area contributed by atoms with Crippen molar-refractivity contribution in [3.8, 4) is 5.75 Å². The van der Waals surface area contributed by atoms with Crippen molar-refractivity contribution in [2.24, 2.45) is 0 Å². The molecule has 2 rings (SSSR count). The molecule has 0 amide bonds. The van der Waals surface area contributed by atoms with Crippen LogP contribution in [0.25, 0.3) is 0 Å². The lowest BCUT2D eigenvalue weighted by atomic mass is 10.2. The van der Waals surface area contributed by atoms with Gasteiger partial charge in [0.05, 0.1) is 7.11 Å². The highest BCUT2D eigenvalue weighted by Crippen LogP contribution is 2.22. The van der Waals surface area contributed by atoms with Crippen LogP contribution in [0.15, 0.2) is 18.2 Å². The maximum absolute atomic E-state index is 11.7. The van der Waals surface area contributed by atoms with Crippen molar-refractivity contribution in [3.63, 3.8) is 0 Å². The van der Waals surface area contributed by atoms with Gasteiger partial charge in [-0.25, -0.2) is 4.79 Å². The van der Waals surface area contributed by atoms with Crippen LogP contribution in [0.2, 0.25) is 0 Å². The van der Waals surface area contributed by atoms with Crippen molar-refractivity contribution in [2.75, 3.05) is 59.2 Å². The molecule has 1 aliphatic heterocycles. The summed E-state index contributed by atoms with van der Waals surface area (Å²) in [6.45, 7) is 5.60. The van der Waals surface area contributed by atoms with Gasteiger partial charge in [0.15, 0.2) is 0 Å². The number of nitrogens with two attached hydrogens (primary N) is 1. The average Bonchev–Trinajstić information content (AvgIpc) is 2.49. The standard InChI is InChI=1S/C15H23N3O3/c1-17-5-7-18(8-6-17)9-10-21-14-11-12(16)3-4-13(14)15(19)20-2/h3-4,11H,5-10,16H2,1-2H3. The Morgan fingerprint density at radius 3 is 2.67 bits per heavy atom. The van der Waals surface area contributed by atoms with Crippen LogP contribution in [0, 0.1) is 0 Å². The van der Waals surface area contributed by atoms with E-state index in [-0.39, 0.29) is 0 Å². The maximum Gasteiger partial charge on any atom is 0.341 e. The van der Waals surface area contributed by atoms with Gasteiger partial charge in [0, 0.05) is 44.5 Å². The summed E-state index contributed by atoms with van der Waals surface area (Å²) in [6, 6.07) is 4.96. The van der Waals surface area contributed by atoms with E-state index in [2.05, 4.69) is 16.8 Å². The van der Waals surface area contributed by atoms with E-state index in [1.54, 1.807) is 18.2 Å². The van der Waals surface area contributed by atoms with E-state index in [1.807, 2.05) is 0 Å². The highest BCUT2D eigenvalue weighted by molar-refractivity contribution is 5.93. The summed E-state index contributed by atoms with van der Waals surface area (Å²) >= 11 is 0. The predicted octanol–water partition coefficient (Wildman–Crippen LogP) is 0.682. The molecule has 1 saturated heterocycles. The first-order valence-electron chi connectivity index (χ1n) is 7.11. The van der Waals surface area contributed by atoms with Crippen LogP contribution in [-0.4, -0.2) is 69.3 Å². The zero-order valence-electron chi connectivity index (χ0n) is 12.7. The summed E-state index contributed by atoms with van der Waals surface area (Å²) in [5.41, 5.74) is 6.73. The van der Waals surface area contributed by atoms with Gasteiger partial charge in [0.2, 0.25) is 0 Å². The number of hydrogen-bond acceptors (Lipinski definition) is 6. The molecule has 1 aromatic rings. The molecule has 6 heteroatoms. The SMILES string of the molecule is COC(=O)c1ccc(N)cc1OCCN1CCN(C)CC1. The number of esters is 1. The van der Waals surface area contributed by atoms with Crippen molar-refractivity contribution in [3.05, 3.63) is 23.8 Å². The van der Waals surface area contributed by atoms with Crippen LogP contribution in [0.3, 0.4) is 0 Å². The van der Waals surface area contributed by atoms with Gasteiger partial charge in [-0.1, -0.05) is 0 Å². The molecule has 1 fully saturated rings. The number of methoxy groups -OCH3 is 1. The minimum Gasteiger partial charge on any atom is -0.491 e. The summed E-state index contributed by atoms with van der Waals surface area (Å²) in [4.78, 5) is 16.3. The number of nitrogens with zero attached hydrogens (tertiary/aromatic N) is 2. The molecule has 0 aliphatic carbocycles. The number of hydrogen-bond donors (Lipinski definition) is 1. The van der Waals surface area contributed by atoms with E-state index in [9.17, 15) is 4.79 Å². The number of piperazine rings is 1. The number of carbonyl (C=O) groups excluding carboxylic acids is 1. The number of anilines is 1. The second-order valence-electron chi connectivity index (χ2n) is 5.24. The normalized spacial score (nSPS) is 16.7. The fourth-order valence-electron chi connectivity index (χ4n) is 2.29. The molecule has 1 aliphatic rings. The molecule has 0 saturated carbocycles. The average molecular weight is 293 g/mol. The Hall–Kier alpha value is -1.79. The van der Waals surface area contributed by atoms with Crippen molar-refractivity contribution in [1.29, 1.82) is 0 Å². The first-order chi connectivity index (χ1) is 10.1. The lowest BCUT2D eigenvalue weighted by Gasteiger charge is -2.32. The van der Waals surface area contributed by atoms with Gasteiger partial charge in [0.25, 0.3) is 0 Å². The third-order valence-corrected chi connectivity index (χ3v) is 3.67. The molecule has 1 aromatic carbocycles. The van der Waals surface area contributed by atoms with Gasteiger partial charge in [-0.3, -0.25) is 4.90 Å². The summed E-state index contributed by atoms with van der Waals surface area (Å²) in [7, 11) is 3.48. The molecular formula is C15H23N3O3. The van der Waals surface area contributed by atoms with E-state index >= 15 is 0 Å². The Balaban J connectivity index is 1.90. The van der Waals surface area contributed by atoms with Crippen LogP contribution in [0.4, 0.5) is 5.69 Å². The van der Waals surface area contributed by atoms with E-state index < -0.39 is 5.97 Å². The Labute approximate surface area is 125 Å². The Morgan fingerprint density at radius 2 is 2.00 bits per heavy atom. The Morgan fingerprint density at radius 1 is 1.29 bits per heavy atom. The fraction of sp³-hybridized carbons (Fsp3) is 0.533. The third kappa shape index (κ3) is 4.34. The maximum atomic E-state index is 11.7. The molecule has 0 atom stereocenters. The molecule has 0 aromatic heterocycles. The van der Waals surface area contributed by atoms with Crippen LogP contribution >= 0.6 is 0 Å². The number of nitrogen functional groups attached to an aromatic ring is 1. The number of carbonyl (C=O) groups is 1. The fourth-order valence-corrected chi connectivity index (χ4v) is 2.29. The smallest absolute Gasteiger partial charge is 0.341 e. The molecule has 0 unspecified atom stereocenters. The first-order valence-corrected chi connectivity index (χ1v) is 7.11. The molecule has 0 radical (unpaired) electrons. The summed E-state index contributed by atoms with van der Waals surface area (Å²) in [6.07, 6.45) is 0. The number of ether oxygens (including phenoxy) is 2. The van der Waals surface area contributed by atoms with Gasteiger partial charge < -0.3 is 20.1 Å². The predicted molar refractivity (Wildman–Crippen MR) is 81.6 cm³/mol.